The Hall–Kier alpha value is -3.45. The molecule has 0 fully saturated rings. The van der Waals surface area contributed by atoms with Crippen LogP contribution in [0.1, 0.15) is 18.8 Å². The van der Waals surface area contributed by atoms with Crippen molar-refractivity contribution in [1.29, 1.82) is 0 Å². The summed E-state index contributed by atoms with van der Waals surface area (Å²) >= 11 is 5.97. The third kappa shape index (κ3) is 4.05. The first kappa shape index (κ1) is 18.9. The lowest BCUT2D eigenvalue weighted by atomic mass is 10.1. The number of nitrogens with one attached hydrogen (secondary N) is 2. The Morgan fingerprint density at radius 2 is 1.76 bits per heavy atom. The highest BCUT2D eigenvalue weighted by molar-refractivity contribution is 6.29. The molecule has 1 atom stereocenters. The highest BCUT2D eigenvalue weighted by Gasteiger charge is 2.13. The molecule has 4 aromatic rings. The smallest absolute Gasteiger partial charge is 0.252 e. The zero-order valence-corrected chi connectivity index (χ0v) is 16.7. The molecule has 146 valence electrons. The summed E-state index contributed by atoms with van der Waals surface area (Å²) < 4.78 is 1.62. The number of fused-ring (bicyclic) bond motifs is 1. The molecule has 0 spiro atoms. The van der Waals surface area contributed by atoms with E-state index in [0.29, 0.717) is 11.0 Å². The van der Waals surface area contributed by atoms with Crippen molar-refractivity contribution in [3.63, 3.8) is 0 Å². The maximum absolute atomic E-state index is 12.4. The van der Waals surface area contributed by atoms with Crippen LogP contribution in [0, 0.1) is 0 Å². The van der Waals surface area contributed by atoms with E-state index in [9.17, 15) is 4.79 Å². The number of aromatic nitrogens is 4. The van der Waals surface area contributed by atoms with Crippen LogP contribution in [-0.2, 0) is 7.05 Å². The number of benzene rings is 1. The molecular weight excluding hydrogens is 388 g/mol. The van der Waals surface area contributed by atoms with E-state index in [0.717, 1.165) is 28.0 Å². The van der Waals surface area contributed by atoms with Crippen LogP contribution in [-0.4, -0.2) is 19.5 Å². The average molecular weight is 407 g/mol. The lowest BCUT2D eigenvalue weighted by Gasteiger charge is -2.18. The first-order valence-corrected chi connectivity index (χ1v) is 9.45. The van der Waals surface area contributed by atoms with Gasteiger partial charge in [0.25, 0.3) is 5.56 Å². The molecule has 0 radical (unpaired) electrons. The van der Waals surface area contributed by atoms with Gasteiger partial charge in [0, 0.05) is 54.2 Å². The Balaban J connectivity index is 1.74. The minimum atomic E-state index is -0.165. The molecule has 2 N–H and O–H groups in total. The van der Waals surface area contributed by atoms with Crippen molar-refractivity contribution in [2.75, 3.05) is 10.6 Å². The molecule has 7 nitrogen and oxygen atoms in total. The Kier molecular flexibility index (Phi) is 5.14. The van der Waals surface area contributed by atoms with Crippen LogP contribution in [0.2, 0.25) is 5.15 Å². The Labute approximate surface area is 172 Å². The summed E-state index contributed by atoms with van der Waals surface area (Å²) in [6.07, 6.45) is 5.04. The third-order valence-corrected chi connectivity index (χ3v) is 4.81. The van der Waals surface area contributed by atoms with Crippen molar-refractivity contribution >= 4 is 39.6 Å². The predicted octanol–water partition coefficient (Wildman–Crippen LogP) is 4.29. The molecule has 29 heavy (non-hydrogen) atoms. The molecule has 0 saturated carbocycles. The molecule has 4 rings (SSSR count). The molecule has 0 bridgehead atoms. The molecule has 3 aromatic heterocycles. The van der Waals surface area contributed by atoms with Crippen LogP contribution in [0.15, 0.2) is 65.8 Å². The molecule has 0 aliphatic carbocycles. The molecule has 0 saturated heterocycles. The van der Waals surface area contributed by atoms with Crippen molar-refractivity contribution in [2.24, 2.45) is 7.05 Å². The van der Waals surface area contributed by atoms with Gasteiger partial charge in [0.05, 0.1) is 11.6 Å². The van der Waals surface area contributed by atoms with Crippen LogP contribution < -0.4 is 16.2 Å². The standard InChI is InChI=1S/C21H19ClN6O/c1-13(21-24-7-3-8-25-21)26-17-12-20(29)28(2)18-5-4-14(10-16(17)18)27-15-6-9-23-19(22)11-15/h3-13,26H,1-2H3,(H,23,27). The van der Waals surface area contributed by atoms with Gasteiger partial charge >= 0.3 is 0 Å². The van der Waals surface area contributed by atoms with Gasteiger partial charge in [-0.2, -0.15) is 0 Å². The van der Waals surface area contributed by atoms with Crippen molar-refractivity contribution in [1.82, 2.24) is 19.5 Å². The molecule has 1 unspecified atom stereocenters. The SMILES string of the molecule is CC(Nc1cc(=O)n(C)c2ccc(Nc3ccnc(Cl)c3)cc12)c1ncccn1. The number of pyridine rings is 2. The van der Waals surface area contributed by atoms with E-state index < -0.39 is 0 Å². The molecule has 8 heteroatoms. The highest BCUT2D eigenvalue weighted by atomic mass is 35.5. The van der Waals surface area contributed by atoms with Gasteiger partial charge in [0.1, 0.15) is 11.0 Å². The van der Waals surface area contributed by atoms with Gasteiger partial charge in [-0.15, -0.1) is 0 Å². The second-order valence-corrected chi connectivity index (χ2v) is 7.04. The Morgan fingerprint density at radius 1 is 1.00 bits per heavy atom. The average Bonchev–Trinajstić information content (AvgIpc) is 2.72. The highest BCUT2D eigenvalue weighted by Crippen LogP contribution is 2.29. The van der Waals surface area contributed by atoms with E-state index in [1.54, 1.807) is 48.4 Å². The first-order valence-electron chi connectivity index (χ1n) is 9.07. The van der Waals surface area contributed by atoms with Crippen LogP contribution in [0.25, 0.3) is 10.9 Å². The number of anilines is 3. The largest absolute Gasteiger partial charge is 0.375 e. The fourth-order valence-electron chi connectivity index (χ4n) is 3.14. The summed E-state index contributed by atoms with van der Waals surface area (Å²) in [5.74, 6) is 0.655. The zero-order valence-electron chi connectivity index (χ0n) is 15.9. The molecule has 0 amide bonds. The monoisotopic (exact) mass is 406 g/mol. The van der Waals surface area contributed by atoms with Gasteiger partial charge < -0.3 is 15.2 Å². The van der Waals surface area contributed by atoms with Crippen molar-refractivity contribution < 1.29 is 0 Å². The van der Waals surface area contributed by atoms with Crippen LogP contribution in [0.4, 0.5) is 17.1 Å². The lowest BCUT2D eigenvalue weighted by Crippen LogP contribution is -2.19. The molecule has 0 aliphatic rings. The normalized spacial score (nSPS) is 12.0. The minimum absolute atomic E-state index is 0.0946. The molecule has 3 heterocycles. The van der Waals surface area contributed by atoms with E-state index in [2.05, 4.69) is 25.6 Å². The summed E-state index contributed by atoms with van der Waals surface area (Å²) in [7, 11) is 1.76. The summed E-state index contributed by atoms with van der Waals surface area (Å²) in [4.78, 5) is 25.0. The van der Waals surface area contributed by atoms with E-state index in [-0.39, 0.29) is 11.6 Å². The lowest BCUT2D eigenvalue weighted by molar-refractivity contribution is 0.788. The topological polar surface area (TPSA) is 84.7 Å². The Morgan fingerprint density at radius 3 is 2.52 bits per heavy atom. The number of rotatable bonds is 5. The summed E-state index contributed by atoms with van der Waals surface area (Å²) in [6.45, 7) is 1.96. The Bertz CT molecular complexity index is 1230. The number of nitrogens with zero attached hydrogens (tertiary/aromatic N) is 4. The fourth-order valence-corrected chi connectivity index (χ4v) is 3.31. The van der Waals surface area contributed by atoms with Crippen LogP contribution in [0.5, 0.6) is 0 Å². The first-order chi connectivity index (χ1) is 14.0. The number of aryl methyl sites for hydroxylation is 1. The van der Waals surface area contributed by atoms with Crippen molar-refractivity contribution in [3.05, 3.63) is 82.4 Å². The van der Waals surface area contributed by atoms with Crippen LogP contribution in [0.3, 0.4) is 0 Å². The zero-order chi connectivity index (χ0) is 20.4. The van der Waals surface area contributed by atoms with E-state index >= 15 is 0 Å². The van der Waals surface area contributed by atoms with Gasteiger partial charge in [-0.05, 0) is 43.3 Å². The number of hydrogen-bond acceptors (Lipinski definition) is 6. The third-order valence-electron chi connectivity index (χ3n) is 4.61. The van der Waals surface area contributed by atoms with Gasteiger partial charge in [-0.25, -0.2) is 15.0 Å². The van der Waals surface area contributed by atoms with Gasteiger partial charge in [-0.1, -0.05) is 11.6 Å². The molecule has 0 aliphatic heterocycles. The number of hydrogen-bond donors (Lipinski definition) is 2. The maximum Gasteiger partial charge on any atom is 0.252 e. The summed E-state index contributed by atoms with van der Waals surface area (Å²) in [5, 5.41) is 8.01. The molecule has 1 aromatic carbocycles. The molecular formula is C21H19ClN6O. The van der Waals surface area contributed by atoms with Gasteiger partial charge in [0.2, 0.25) is 0 Å². The van der Waals surface area contributed by atoms with E-state index in [4.69, 9.17) is 11.6 Å². The second kappa shape index (κ2) is 7.89. The number of halogens is 1. The quantitative estimate of drug-likeness (QED) is 0.481. The predicted molar refractivity (Wildman–Crippen MR) is 116 cm³/mol. The summed E-state index contributed by atoms with van der Waals surface area (Å²) in [6, 6.07) is 12.6. The van der Waals surface area contributed by atoms with Gasteiger partial charge in [0.15, 0.2) is 0 Å². The maximum atomic E-state index is 12.4. The second-order valence-electron chi connectivity index (χ2n) is 6.65. The summed E-state index contributed by atoms with van der Waals surface area (Å²) in [5.41, 5.74) is 3.14. The minimum Gasteiger partial charge on any atom is -0.375 e. The fraction of sp³-hybridized carbons (Fsp3) is 0.143. The van der Waals surface area contributed by atoms with Gasteiger partial charge in [-0.3, -0.25) is 4.79 Å². The van der Waals surface area contributed by atoms with Crippen LogP contribution >= 0.6 is 11.6 Å². The van der Waals surface area contributed by atoms with Crippen molar-refractivity contribution in [2.45, 2.75) is 13.0 Å². The van der Waals surface area contributed by atoms with E-state index in [1.807, 2.05) is 31.2 Å². The van der Waals surface area contributed by atoms with Crippen molar-refractivity contribution in [3.8, 4) is 0 Å². The van der Waals surface area contributed by atoms with E-state index in [1.165, 1.54) is 0 Å².